The lowest BCUT2D eigenvalue weighted by Crippen LogP contribution is -2.44. The Morgan fingerprint density at radius 2 is 1.66 bits per heavy atom. The molecule has 4 rings (SSSR count). The summed E-state index contributed by atoms with van der Waals surface area (Å²) in [6, 6.07) is 5.80. The number of hydrogen-bond donors (Lipinski definition) is 5. The highest BCUT2D eigenvalue weighted by Gasteiger charge is 2.57. The van der Waals surface area contributed by atoms with Gasteiger partial charge in [-0.2, -0.15) is 0 Å². The first-order chi connectivity index (χ1) is 13.5. The third-order valence-electron chi connectivity index (χ3n) is 6.68. The van der Waals surface area contributed by atoms with Crippen molar-refractivity contribution in [3.8, 4) is 5.75 Å². The molecule has 162 valence electrons. The predicted octanol–water partition coefficient (Wildman–Crippen LogP) is 2.76. The normalized spacial score (nSPS) is 34.2. The van der Waals surface area contributed by atoms with E-state index in [1.807, 2.05) is 6.07 Å². The van der Waals surface area contributed by atoms with Crippen LogP contribution in [0.15, 0.2) is 18.2 Å². The minimum Gasteiger partial charge on any atom is -0.508 e. The molecule has 0 aliphatic heterocycles. The largest absolute Gasteiger partial charge is 0.508 e. The summed E-state index contributed by atoms with van der Waals surface area (Å²) in [5.41, 5.74) is 2.57. The van der Waals surface area contributed by atoms with Crippen LogP contribution in [-0.2, 0) is 16.0 Å². The van der Waals surface area contributed by atoms with Crippen LogP contribution in [0, 0.1) is 17.3 Å². The van der Waals surface area contributed by atoms with Crippen LogP contribution in [-0.4, -0.2) is 49.7 Å². The van der Waals surface area contributed by atoms with Crippen LogP contribution in [0.2, 0.25) is 0 Å². The molecule has 0 saturated heterocycles. The average Bonchev–Trinajstić information content (AvgIpc) is 2.84. The number of carbonyl (C=O) groups is 2. The quantitative estimate of drug-likeness (QED) is 0.445. The Morgan fingerprint density at radius 1 is 1.07 bits per heavy atom. The Kier molecular flexibility index (Phi) is 7.30. The minimum atomic E-state index is -0.833. The van der Waals surface area contributed by atoms with Gasteiger partial charge in [0.1, 0.15) is 5.75 Å². The molecule has 0 spiro atoms. The number of fused-ring (bicyclic) bond motifs is 5. The number of aliphatic hydroxyl groups excluding tert-OH is 2. The number of aliphatic hydroxyl groups is 2. The molecular weight excluding hydrogens is 376 g/mol. The second kappa shape index (κ2) is 9.13. The summed E-state index contributed by atoms with van der Waals surface area (Å²) in [5, 5.41) is 45.0. The van der Waals surface area contributed by atoms with Gasteiger partial charge < -0.3 is 25.5 Å². The van der Waals surface area contributed by atoms with Crippen LogP contribution < -0.4 is 0 Å². The molecule has 7 heteroatoms. The van der Waals surface area contributed by atoms with Gasteiger partial charge in [0.25, 0.3) is 11.9 Å². The minimum absolute atomic E-state index is 0.116. The van der Waals surface area contributed by atoms with Crippen molar-refractivity contribution >= 4 is 11.9 Å². The van der Waals surface area contributed by atoms with E-state index in [0.29, 0.717) is 23.5 Å². The number of hydrogen-bond acceptors (Lipinski definition) is 5. The van der Waals surface area contributed by atoms with Gasteiger partial charge in [-0.25, -0.2) is 0 Å². The van der Waals surface area contributed by atoms with Crippen LogP contribution in [0.1, 0.15) is 63.5 Å². The van der Waals surface area contributed by atoms with Crippen molar-refractivity contribution in [2.24, 2.45) is 17.3 Å². The van der Waals surface area contributed by atoms with Gasteiger partial charge in [-0.15, -0.1) is 0 Å². The Morgan fingerprint density at radius 3 is 2.24 bits per heavy atom. The third-order valence-corrected chi connectivity index (χ3v) is 6.68. The summed E-state index contributed by atoms with van der Waals surface area (Å²) in [7, 11) is 0. The number of aryl methyl sites for hydroxylation is 1. The molecule has 29 heavy (non-hydrogen) atoms. The lowest BCUT2D eigenvalue weighted by atomic mass is 9.55. The summed E-state index contributed by atoms with van der Waals surface area (Å²) in [5.74, 6) is 0.209. The molecule has 1 aromatic carbocycles. The van der Waals surface area contributed by atoms with Crippen molar-refractivity contribution in [3.05, 3.63) is 29.3 Å². The Bertz CT molecular complexity index is 727. The van der Waals surface area contributed by atoms with Gasteiger partial charge in [-0.3, -0.25) is 9.59 Å². The van der Waals surface area contributed by atoms with Gasteiger partial charge in [-0.05, 0) is 78.5 Å². The molecular formula is C22H32O7. The second-order valence-corrected chi connectivity index (χ2v) is 8.63. The van der Waals surface area contributed by atoms with E-state index < -0.39 is 24.1 Å². The van der Waals surface area contributed by atoms with E-state index in [9.17, 15) is 15.3 Å². The molecule has 0 amide bonds. The van der Waals surface area contributed by atoms with E-state index >= 15 is 0 Å². The highest BCUT2D eigenvalue weighted by atomic mass is 16.4. The Hall–Kier alpha value is -2.12. The van der Waals surface area contributed by atoms with E-state index in [-0.39, 0.29) is 5.41 Å². The zero-order chi connectivity index (χ0) is 21.9. The summed E-state index contributed by atoms with van der Waals surface area (Å²) >= 11 is 0. The number of phenolic OH excluding ortho intramolecular Hbond substituents is 1. The zero-order valence-electron chi connectivity index (χ0n) is 17.2. The fourth-order valence-electron chi connectivity index (χ4n) is 5.56. The highest BCUT2D eigenvalue weighted by Crippen LogP contribution is 2.60. The first-order valence-corrected chi connectivity index (χ1v) is 10.0. The molecule has 3 aliphatic rings. The predicted molar refractivity (Wildman–Crippen MR) is 107 cm³/mol. The molecule has 6 atom stereocenters. The van der Waals surface area contributed by atoms with Crippen LogP contribution in [0.25, 0.3) is 0 Å². The number of aliphatic carboxylic acids is 2. The van der Waals surface area contributed by atoms with Crippen molar-refractivity contribution in [2.45, 2.75) is 71.0 Å². The van der Waals surface area contributed by atoms with Gasteiger partial charge >= 0.3 is 0 Å². The van der Waals surface area contributed by atoms with E-state index in [1.54, 1.807) is 6.07 Å². The second-order valence-electron chi connectivity index (χ2n) is 8.63. The first kappa shape index (κ1) is 23.2. The first-order valence-electron chi connectivity index (χ1n) is 10.0. The maximum Gasteiger partial charge on any atom is 0.300 e. The molecule has 7 nitrogen and oxygen atoms in total. The standard InChI is InChI=1S/C18H24O3.2C2H4O2/c1-18-7-6-13-12-5-3-11(19)8-10(12)2-4-14(13)15(18)9-16(20)17(18)21;2*1-2(3)4/h3,5,8,13-17,19-21H,2,4,6-7,9H2,1H3;2*1H3,(H,3,4)/t13-,14-,15+,16-,17+,18+;;/m1../s1. The molecule has 0 unspecified atom stereocenters. The third kappa shape index (κ3) is 5.08. The van der Waals surface area contributed by atoms with Gasteiger partial charge in [0.05, 0.1) is 12.2 Å². The SMILES string of the molecule is CC(=O)O.CC(=O)O.C[C@]12CC[C@@H]3c4ccc(O)cc4CC[C@H]3[C@@H]1C[C@@H](O)[C@@H]2O. The Labute approximate surface area is 171 Å². The number of benzene rings is 1. The molecule has 0 heterocycles. The van der Waals surface area contributed by atoms with Crippen molar-refractivity contribution in [1.29, 1.82) is 0 Å². The maximum absolute atomic E-state index is 10.4. The number of rotatable bonds is 0. The number of carboxylic acid groups (broad SMARTS) is 2. The number of carboxylic acids is 2. The smallest absolute Gasteiger partial charge is 0.300 e. The van der Waals surface area contributed by atoms with Crippen LogP contribution in [0.4, 0.5) is 0 Å². The molecule has 0 aromatic heterocycles. The average molecular weight is 408 g/mol. The van der Waals surface area contributed by atoms with Crippen molar-refractivity contribution in [1.82, 2.24) is 0 Å². The fraction of sp³-hybridized carbons (Fsp3) is 0.636. The highest BCUT2D eigenvalue weighted by molar-refractivity contribution is 5.63. The topological polar surface area (TPSA) is 135 Å². The summed E-state index contributed by atoms with van der Waals surface area (Å²) in [6.07, 6.45) is 3.80. The van der Waals surface area contributed by atoms with Gasteiger partial charge in [-0.1, -0.05) is 13.0 Å². The van der Waals surface area contributed by atoms with Crippen LogP contribution in [0.3, 0.4) is 0 Å². The van der Waals surface area contributed by atoms with Gasteiger partial charge in [0.15, 0.2) is 0 Å². The van der Waals surface area contributed by atoms with Crippen LogP contribution in [0.5, 0.6) is 5.75 Å². The van der Waals surface area contributed by atoms with E-state index in [0.717, 1.165) is 46.0 Å². The molecule has 1 aromatic rings. The summed E-state index contributed by atoms with van der Waals surface area (Å²) in [4.78, 5) is 18.0. The van der Waals surface area contributed by atoms with Gasteiger partial charge in [0.2, 0.25) is 0 Å². The molecule has 0 radical (unpaired) electrons. The van der Waals surface area contributed by atoms with Gasteiger partial charge in [0, 0.05) is 13.8 Å². The van der Waals surface area contributed by atoms with Crippen LogP contribution >= 0.6 is 0 Å². The molecule has 3 aliphatic carbocycles. The molecule has 2 saturated carbocycles. The number of aromatic hydroxyl groups is 1. The lowest BCUT2D eigenvalue weighted by Gasteiger charge is -2.49. The van der Waals surface area contributed by atoms with E-state index in [1.165, 1.54) is 11.1 Å². The lowest BCUT2D eigenvalue weighted by molar-refractivity contribution is -0.135. The monoisotopic (exact) mass is 408 g/mol. The van der Waals surface area contributed by atoms with Crippen molar-refractivity contribution in [3.63, 3.8) is 0 Å². The van der Waals surface area contributed by atoms with E-state index in [4.69, 9.17) is 19.8 Å². The van der Waals surface area contributed by atoms with Crippen molar-refractivity contribution < 1.29 is 35.1 Å². The maximum atomic E-state index is 10.4. The summed E-state index contributed by atoms with van der Waals surface area (Å²) in [6.45, 7) is 4.33. The fourth-order valence-corrected chi connectivity index (χ4v) is 5.56. The molecule has 5 N–H and O–H groups in total. The molecule has 0 bridgehead atoms. The summed E-state index contributed by atoms with van der Waals surface area (Å²) < 4.78 is 0. The molecule has 2 fully saturated rings. The number of phenols is 1. The van der Waals surface area contributed by atoms with E-state index in [2.05, 4.69) is 13.0 Å². The van der Waals surface area contributed by atoms with Crippen molar-refractivity contribution in [2.75, 3.05) is 0 Å². The Balaban J connectivity index is 0.000000324. The zero-order valence-corrected chi connectivity index (χ0v) is 17.2.